The predicted molar refractivity (Wildman–Crippen MR) is 154 cm³/mol. The number of hydrogen-bond donors (Lipinski definition) is 0. The van der Waals surface area contributed by atoms with Crippen molar-refractivity contribution in [2.24, 2.45) is 17.8 Å². The van der Waals surface area contributed by atoms with Gasteiger partial charge in [-0.05, 0) is 117 Å². The SMILES string of the molecule is CC(C)=CCCC(C)CCOC([Si])(OCCC(C)CCC=C(C)C)OCCC(C)CCC=C(C)C. The molecule has 4 heteroatoms. The summed E-state index contributed by atoms with van der Waals surface area (Å²) in [5.41, 5.74) is 3.01. The van der Waals surface area contributed by atoms with Crippen LogP contribution in [-0.2, 0) is 14.2 Å². The maximum absolute atomic E-state index is 6.15. The number of ether oxygens (including phenoxy) is 3. The van der Waals surface area contributed by atoms with Crippen LogP contribution in [0.25, 0.3) is 0 Å². The second kappa shape index (κ2) is 20.4. The molecule has 0 bridgehead atoms. The topological polar surface area (TPSA) is 27.7 Å². The largest absolute Gasteiger partial charge is 0.332 e. The molecule has 0 fully saturated rings. The molecule has 203 valence electrons. The minimum Gasteiger partial charge on any atom is -0.332 e. The summed E-state index contributed by atoms with van der Waals surface area (Å²) in [5, 5.41) is 0. The Labute approximate surface area is 222 Å². The summed E-state index contributed by atoms with van der Waals surface area (Å²) in [6.45, 7) is 21.7. The fraction of sp³-hybridized carbons (Fsp3) is 0.806. The molecule has 0 rings (SSSR count). The summed E-state index contributed by atoms with van der Waals surface area (Å²) in [4.78, 5) is 0. The highest BCUT2D eigenvalue weighted by Crippen LogP contribution is 2.20. The molecule has 3 radical (unpaired) electrons. The van der Waals surface area contributed by atoms with E-state index in [1.807, 2.05) is 0 Å². The van der Waals surface area contributed by atoms with Crippen LogP contribution < -0.4 is 0 Å². The number of rotatable bonds is 21. The third-order valence-electron chi connectivity index (χ3n) is 6.34. The van der Waals surface area contributed by atoms with Gasteiger partial charge < -0.3 is 14.2 Å². The molecule has 3 nitrogen and oxygen atoms in total. The highest BCUT2D eigenvalue weighted by atomic mass is 28.1. The minimum atomic E-state index is -1.15. The normalized spacial score (nSPS) is 15.6. The third kappa shape index (κ3) is 22.3. The fourth-order valence-electron chi connectivity index (χ4n) is 3.71. The van der Waals surface area contributed by atoms with Gasteiger partial charge >= 0.3 is 0 Å². The van der Waals surface area contributed by atoms with Crippen LogP contribution >= 0.6 is 0 Å². The van der Waals surface area contributed by atoms with E-state index in [0.717, 1.165) is 38.5 Å². The molecule has 0 amide bonds. The molecule has 0 aromatic rings. The van der Waals surface area contributed by atoms with Crippen LogP contribution in [-0.4, -0.2) is 35.7 Å². The van der Waals surface area contributed by atoms with E-state index in [-0.39, 0.29) is 0 Å². The van der Waals surface area contributed by atoms with Gasteiger partial charge in [-0.15, -0.1) is 0 Å². The molecular weight excluding hydrogens is 448 g/mol. The molecule has 0 heterocycles. The molecule has 3 unspecified atom stereocenters. The lowest BCUT2D eigenvalue weighted by molar-refractivity contribution is -0.327. The van der Waals surface area contributed by atoms with Gasteiger partial charge in [-0.2, -0.15) is 0 Å². The summed E-state index contributed by atoms with van der Waals surface area (Å²) in [5.74, 6) is 1.81. The van der Waals surface area contributed by atoms with Gasteiger partial charge in [0.1, 0.15) is 0 Å². The summed E-state index contributed by atoms with van der Waals surface area (Å²) < 4.78 is 18.5. The summed E-state index contributed by atoms with van der Waals surface area (Å²) in [7, 11) is 3.72. The van der Waals surface area contributed by atoms with E-state index in [2.05, 4.69) is 90.8 Å². The lowest BCUT2D eigenvalue weighted by Gasteiger charge is -2.31. The van der Waals surface area contributed by atoms with Crippen molar-refractivity contribution >= 4 is 10.2 Å². The van der Waals surface area contributed by atoms with E-state index in [0.29, 0.717) is 37.6 Å². The quantitative estimate of drug-likeness (QED) is 0.0884. The van der Waals surface area contributed by atoms with Crippen LogP contribution in [0.5, 0.6) is 0 Å². The molecule has 0 aliphatic carbocycles. The molecule has 0 saturated carbocycles. The lowest BCUT2D eigenvalue weighted by atomic mass is 10.0. The Morgan fingerprint density at radius 3 is 1.03 bits per heavy atom. The minimum absolute atomic E-state index is 0.603. The second-order valence-electron chi connectivity index (χ2n) is 11.4. The average Bonchev–Trinajstić information content (AvgIpc) is 2.73. The fourth-order valence-corrected chi connectivity index (χ4v) is 4.02. The highest BCUT2D eigenvalue weighted by molar-refractivity contribution is 6.12. The van der Waals surface area contributed by atoms with Gasteiger partial charge in [0.05, 0.1) is 19.8 Å². The van der Waals surface area contributed by atoms with Crippen molar-refractivity contribution < 1.29 is 14.2 Å². The van der Waals surface area contributed by atoms with E-state index in [4.69, 9.17) is 14.2 Å². The van der Waals surface area contributed by atoms with Crippen molar-refractivity contribution in [2.75, 3.05) is 19.8 Å². The molecule has 0 N–H and O–H groups in total. The van der Waals surface area contributed by atoms with Gasteiger partial charge in [0, 0.05) is 0 Å². The number of allylic oxidation sites excluding steroid dienone is 6. The Morgan fingerprint density at radius 2 is 0.800 bits per heavy atom. The van der Waals surface area contributed by atoms with Crippen LogP contribution in [0, 0.1) is 17.8 Å². The van der Waals surface area contributed by atoms with Crippen molar-refractivity contribution in [3.63, 3.8) is 0 Å². The summed E-state index contributed by atoms with van der Waals surface area (Å²) in [6.07, 6.45) is 16.8. The molecule has 3 atom stereocenters. The van der Waals surface area contributed by atoms with E-state index >= 15 is 0 Å². The van der Waals surface area contributed by atoms with Crippen molar-refractivity contribution in [1.82, 2.24) is 0 Å². The van der Waals surface area contributed by atoms with Crippen LogP contribution in [0.1, 0.15) is 120 Å². The van der Waals surface area contributed by atoms with E-state index in [1.54, 1.807) is 0 Å². The van der Waals surface area contributed by atoms with Gasteiger partial charge in [0.2, 0.25) is 5.60 Å². The van der Waals surface area contributed by atoms with Crippen molar-refractivity contribution in [1.29, 1.82) is 0 Å². The monoisotopic (exact) mass is 505 g/mol. The maximum Gasteiger partial charge on any atom is 0.248 e. The first-order valence-corrected chi connectivity index (χ1v) is 14.5. The first kappa shape index (κ1) is 34.3. The molecule has 35 heavy (non-hydrogen) atoms. The van der Waals surface area contributed by atoms with Crippen LogP contribution in [0.3, 0.4) is 0 Å². The Hall–Kier alpha value is -0.683. The zero-order valence-corrected chi connectivity index (χ0v) is 25.7. The predicted octanol–water partition coefficient (Wildman–Crippen LogP) is 9.13. The van der Waals surface area contributed by atoms with Crippen LogP contribution in [0.4, 0.5) is 0 Å². The van der Waals surface area contributed by atoms with E-state index in [1.165, 1.54) is 36.0 Å². The Balaban J connectivity index is 4.65. The summed E-state index contributed by atoms with van der Waals surface area (Å²) >= 11 is 0. The molecule has 0 aromatic carbocycles. The van der Waals surface area contributed by atoms with Gasteiger partial charge in [0.25, 0.3) is 0 Å². The van der Waals surface area contributed by atoms with Crippen LogP contribution in [0.15, 0.2) is 34.9 Å². The van der Waals surface area contributed by atoms with Gasteiger partial charge in [-0.3, -0.25) is 0 Å². The van der Waals surface area contributed by atoms with Gasteiger partial charge in [0.15, 0.2) is 10.2 Å². The Bertz CT molecular complexity index is 527. The zero-order valence-electron chi connectivity index (χ0n) is 24.7. The molecule has 0 aromatic heterocycles. The highest BCUT2D eigenvalue weighted by Gasteiger charge is 2.27. The summed E-state index contributed by atoms with van der Waals surface area (Å²) in [6, 6.07) is 0. The maximum atomic E-state index is 6.15. The first-order valence-electron chi connectivity index (χ1n) is 14.0. The Morgan fingerprint density at radius 1 is 0.543 bits per heavy atom. The van der Waals surface area contributed by atoms with E-state index < -0.39 is 5.60 Å². The average molecular weight is 506 g/mol. The van der Waals surface area contributed by atoms with Crippen molar-refractivity contribution in [3.05, 3.63) is 34.9 Å². The van der Waals surface area contributed by atoms with Gasteiger partial charge in [-0.25, -0.2) is 0 Å². The van der Waals surface area contributed by atoms with Crippen molar-refractivity contribution in [3.8, 4) is 0 Å². The van der Waals surface area contributed by atoms with Crippen LogP contribution in [0.2, 0.25) is 0 Å². The molecule has 0 aliphatic heterocycles. The third-order valence-corrected chi connectivity index (χ3v) is 6.78. The first-order chi connectivity index (χ1) is 16.4. The van der Waals surface area contributed by atoms with E-state index in [9.17, 15) is 0 Å². The second-order valence-corrected chi connectivity index (χ2v) is 12.0. The van der Waals surface area contributed by atoms with Gasteiger partial charge in [-0.1, -0.05) is 55.7 Å². The molecule has 0 saturated heterocycles. The lowest BCUT2D eigenvalue weighted by Crippen LogP contribution is -2.41. The Kier molecular flexibility index (Phi) is 20.0. The molecule has 0 spiro atoms. The zero-order chi connectivity index (χ0) is 26.7. The smallest absolute Gasteiger partial charge is 0.248 e. The molecular formula is C31H57O3Si. The standard InChI is InChI=1S/C31H57O3Si/c1-25(2)13-10-16-28(7)19-22-32-31(35,33-23-20-29(8)17-11-14-26(3)4)34-24-21-30(9)18-12-15-27(5)6/h13-15,28-30H,10-12,16-24H2,1-9H3. The molecule has 0 aliphatic rings. The number of hydrogen-bond acceptors (Lipinski definition) is 3. The van der Waals surface area contributed by atoms with Crippen molar-refractivity contribution in [2.45, 2.75) is 126 Å².